The molecule has 1 heterocycles. The first-order chi connectivity index (χ1) is 10.4. The van der Waals surface area contributed by atoms with Gasteiger partial charge in [-0.2, -0.15) is 0 Å². The molecule has 0 radical (unpaired) electrons. The van der Waals surface area contributed by atoms with E-state index in [1.165, 1.54) is 4.88 Å². The molecule has 1 aromatic carbocycles. The van der Waals surface area contributed by atoms with E-state index < -0.39 is 0 Å². The highest BCUT2D eigenvalue weighted by atomic mass is 127. The Morgan fingerprint density at radius 1 is 1.39 bits per heavy atom. The lowest BCUT2D eigenvalue weighted by Gasteiger charge is -2.21. The molecule has 0 unspecified atom stereocenters. The molecule has 0 spiro atoms. The number of rotatable bonds is 5. The Kier molecular flexibility index (Phi) is 7.63. The fraction of sp³-hybridized carbons (Fsp3) is 0.312. The number of ether oxygens (including phenoxy) is 1. The number of hydrogen-bond donors (Lipinski definition) is 2. The van der Waals surface area contributed by atoms with Crippen molar-refractivity contribution in [2.75, 3.05) is 19.0 Å². The van der Waals surface area contributed by atoms with Crippen molar-refractivity contribution in [1.82, 2.24) is 0 Å². The van der Waals surface area contributed by atoms with Crippen molar-refractivity contribution in [3.63, 3.8) is 0 Å². The largest absolute Gasteiger partial charge is 0.495 e. The molecule has 0 saturated heterocycles. The van der Waals surface area contributed by atoms with Crippen LogP contribution in [-0.4, -0.2) is 19.6 Å². The molecule has 3 N–H and O–H groups in total. The average Bonchev–Trinajstić information content (AvgIpc) is 3.00. The first-order valence-electron chi connectivity index (χ1n) is 6.87. The van der Waals surface area contributed by atoms with Crippen molar-refractivity contribution in [2.45, 2.75) is 19.3 Å². The normalized spacial score (nSPS) is 11.7. The third-order valence-electron chi connectivity index (χ3n) is 3.26. The average molecular weight is 466 g/mol. The molecule has 2 aromatic rings. The van der Waals surface area contributed by atoms with Gasteiger partial charge < -0.3 is 15.8 Å². The highest BCUT2D eigenvalue weighted by Crippen LogP contribution is 2.28. The van der Waals surface area contributed by atoms with Gasteiger partial charge in [0.1, 0.15) is 5.75 Å². The Bertz CT molecular complexity index is 659. The fourth-order valence-electron chi connectivity index (χ4n) is 1.96. The Balaban J connectivity index is 0.00000264. The van der Waals surface area contributed by atoms with Gasteiger partial charge >= 0.3 is 0 Å². The molecule has 4 nitrogen and oxygen atoms in total. The van der Waals surface area contributed by atoms with Crippen LogP contribution < -0.4 is 15.8 Å². The van der Waals surface area contributed by atoms with E-state index in [0.717, 1.165) is 5.69 Å². The molecule has 0 amide bonds. The maximum absolute atomic E-state index is 6.09. The summed E-state index contributed by atoms with van der Waals surface area (Å²) in [6.07, 6.45) is 0. The Morgan fingerprint density at radius 3 is 2.70 bits per heavy atom. The van der Waals surface area contributed by atoms with Crippen LogP contribution in [0.25, 0.3) is 0 Å². The van der Waals surface area contributed by atoms with Gasteiger partial charge in [0.25, 0.3) is 0 Å². The van der Waals surface area contributed by atoms with Crippen LogP contribution in [0.2, 0.25) is 5.02 Å². The number of anilines is 1. The van der Waals surface area contributed by atoms with Crippen LogP contribution in [0.5, 0.6) is 5.75 Å². The third-order valence-corrected chi connectivity index (χ3v) is 4.79. The Hall–Kier alpha value is -0.990. The van der Waals surface area contributed by atoms with Crippen LogP contribution in [0, 0.1) is 0 Å². The summed E-state index contributed by atoms with van der Waals surface area (Å²) in [5, 5.41) is 5.64. The zero-order valence-corrected chi connectivity index (χ0v) is 17.2. The lowest BCUT2D eigenvalue weighted by Crippen LogP contribution is -2.27. The van der Waals surface area contributed by atoms with Crippen molar-refractivity contribution < 1.29 is 4.74 Å². The minimum absolute atomic E-state index is 0. The summed E-state index contributed by atoms with van der Waals surface area (Å²) in [4.78, 5) is 5.72. The molecule has 23 heavy (non-hydrogen) atoms. The summed E-state index contributed by atoms with van der Waals surface area (Å²) in [6.45, 7) is 4.91. The number of nitrogens with two attached hydrogens (primary N) is 1. The van der Waals surface area contributed by atoms with E-state index in [1.807, 2.05) is 12.1 Å². The quantitative estimate of drug-likeness (QED) is 0.381. The number of aliphatic imine (C=N–C) groups is 1. The number of guanidine groups is 1. The predicted octanol–water partition coefficient (Wildman–Crippen LogP) is 4.73. The van der Waals surface area contributed by atoms with Gasteiger partial charge in [-0.05, 0) is 29.6 Å². The van der Waals surface area contributed by atoms with Crippen LogP contribution in [-0.2, 0) is 5.41 Å². The molecule has 1 aromatic heterocycles. The van der Waals surface area contributed by atoms with Crippen LogP contribution in [0.4, 0.5) is 5.69 Å². The zero-order chi connectivity index (χ0) is 16.2. The molecule has 0 fully saturated rings. The zero-order valence-electron chi connectivity index (χ0n) is 13.3. The van der Waals surface area contributed by atoms with E-state index in [0.29, 0.717) is 23.3 Å². The maximum Gasteiger partial charge on any atom is 0.193 e. The molecule has 126 valence electrons. The number of halogens is 2. The summed E-state index contributed by atoms with van der Waals surface area (Å²) in [7, 11) is 1.58. The highest BCUT2D eigenvalue weighted by Gasteiger charge is 2.21. The molecular weight excluding hydrogens is 445 g/mol. The molecule has 0 bridgehead atoms. The van der Waals surface area contributed by atoms with E-state index in [2.05, 4.69) is 35.6 Å². The van der Waals surface area contributed by atoms with Gasteiger partial charge in [0, 0.05) is 16.0 Å². The van der Waals surface area contributed by atoms with E-state index in [9.17, 15) is 0 Å². The van der Waals surface area contributed by atoms with Gasteiger partial charge in [0.2, 0.25) is 0 Å². The second kappa shape index (κ2) is 8.75. The molecule has 0 aliphatic carbocycles. The van der Waals surface area contributed by atoms with Crippen molar-refractivity contribution in [3.05, 3.63) is 45.6 Å². The van der Waals surface area contributed by atoms with Gasteiger partial charge in [0.05, 0.1) is 18.7 Å². The first-order valence-corrected chi connectivity index (χ1v) is 8.12. The van der Waals surface area contributed by atoms with E-state index in [1.54, 1.807) is 30.6 Å². The second-order valence-electron chi connectivity index (χ2n) is 5.54. The molecule has 0 aliphatic heterocycles. The molecule has 0 aliphatic rings. The van der Waals surface area contributed by atoms with Crippen molar-refractivity contribution in [1.29, 1.82) is 0 Å². The van der Waals surface area contributed by atoms with Gasteiger partial charge in [0.15, 0.2) is 5.96 Å². The Labute approximate surface area is 163 Å². The lowest BCUT2D eigenvalue weighted by molar-refractivity contribution is 0.415. The molecule has 0 atom stereocenters. The smallest absolute Gasteiger partial charge is 0.193 e. The van der Waals surface area contributed by atoms with Crippen molar-refractivity contribution in [2.24, 2.45) is 10.7 Å². The standard InChI is InChI=1S/C16H20ClN3OS.HI/c1-16(2,14-5-4-8-22-14)10-19-15(18)20-11-6-7-13(21-3)12(17)9-11;/h4-9H,10H2,1-3H3,(H3,18,19,20);1H. The summed E-state index contributed by atoms with van der Waals surface area (Å²) in [5.74, 6) is 0.993. The van der Waals surface area contributed by atoms with Crippen molar-refractivity contribution in [3.8, 4) is 5.75 Å². The second-order valence-corrected chi connectivity index (χ2v) is 6.89. The summed E-state index contributed by atoms with van der Waals surface area (Å²) >= 11 is 7.82. The van der Waals surface area contributed by atoms with Crippen LogP contribution in [0.1, 0.15) is 18.7 Å². The molecule has 2 rings (SSSR count). The minimum atomic E-state index is -0.0436. The SMILES string of the molecule is COc1ccc(NC(N)=NCC(C)(C)c2cccs2)cc1Cl.I. The fourth-order valence-corrected chi connectivity index (χ4v) is 3.06. The lowest BCUT2D eigenvalue weighted by atomic mass is 9.92. The van der Waals surface area contributed by atoms with Gasteiger partial charge in [-0.25, -0.2) is 0 Å². The number of benzene rings is 1. The van der Waals surface area contributed by atoms with Crippen LogP contribution >= 0.6 is 46.9 Å². The summed E-state index contributed by atoms with van der Waals surface area (Å²) in [6, 6.07) is 9.55. The number of thiophene rings is 1. The van der Waals surface area contributed by atoms with E-state index in [-0.39, 0.29) is 29.4 Å². The highest BCUT2D eigenvalue weighted by molar-refractivity contribution is 14.0. The number of methoxy groups -OCH3 is 1. The summed E-state index contributed by atoms with van der Waals surface area (Å²) in [5.41, 5.74) is 6.69. The van der Waals surface area contributed by atoms with Crippen LogP contribution in [0.3, 0.4) is 0 Å². The molecular formula is C16H21ClIN3OS. The van der Waals surface area contributed by atoms with Crippen LogP contribution in [0.15, 0.2) is 40.7 Å². The molecule has 0 saturated carbocycles. The van der Waals surface area contributed by atoms with Gasteiger partial charge in [-0.3, -0.25) is 4.99 Å². The third kappa shape index (κ3) is 5.54. The topological polar surface area (TPSA) is 59.6 Å². The number of nitrogens with one attached hydrogen (secondary N) is 1. The van der Waals surface area contributed by atoms with E-state index >= 15 is 0 Å². The van der Waals surface area contributed by atoms with E-state index in [4.69, 9.17) is 22.1 Å². The maximum atomic E-state index is 6.09. The summed E-state index contributed by atoms with van der Waals surface area (Å²) < 4.78 is 5.12. The van der Waals surface area contributed by atoms with Crippen molar-refractivity contribution >= 4 is 58.6 Å². The first kappa shape index (κ1) is 20.1. The molecule has 7 heteroatoms. The minimum Gasteiger partial charge on any atom is -0.495 e. The number of hydrogen-bond acceptors (Lipinski definition) is 3. The van der Waals surface area contributed by atoms with Gasteiger partial charge in [-0.1, -0.05) is 31.5 Å². The van der Waals surface area contributed by atoms with Gasteiger partial charge in [-0.15, -0.1) is 35.3 Å². The Morgan fingerprint density at radius 2 is 2.13 bits per heavy atom. The predicted molar refractivity (Wildman–Crippen MR) is 111 cm³/mol. The monoisotopic (exact) mass is 465 g/mol. The number of nitrogens with zero attached hydrogens (tertiary/aromatic N) is 1.